The summed E-state index contributed by atoms with van der Waals surface area (Å²) >= 11 is 0. The Hall–Kier alpha value is -0.630. The Morgan fingerprint density at radius 2 is 1.28 bits per heavy atom. The molecule has 1 N–H and O–H groups in total. The molecule has 0 amide bonds. The lowest BCUT2D eigenvalue weighted by Crippen LogP contribution is -1.96. The van der Waals surface area contributed by atoms with Gasteiger partial charge in [0.05, 0.1) is 6.61 Å². The Kier molecular flexibility index (Phi) is 13.0. The first-order valence-electron chi connectivity index (χ1n) is 10.1. The summed E-state index contributed by atoms with van der Waals surface area (Å²) in [6, 6.07) is 9.56. The van der Waals surface area contributed by atoms with Gasteiger partial charge < -0.3 is 9.42 Å². The topological polar surface area (TPSA) is 46.5 Å². The van der Waals surface area contributed by atoms with Gasteiger partial charge >= 0.3 is 7.60 Å². The lowest BCUT2D eigenvalue weighted by Gasteiger charge is -2.12. The second-order valence-corrected chi connectivity index (χ2v) is 8.99. The zero-order chi connectivity index (χ0) is 18.2. The summed E-state index contributed by atoms with van der Waals surface area (Å²) < 4.78 is 17.2. The number of hydrogen-bond donors (Lipinski definition) is 1. The quantitative estimate of drug-likeness (QED) is 0.250. The van der Waals surface area contributed by atoms with Gasteiger partial charge in [0.25, 0.3) is 0 Å². The van der Waals surface area contributed by atoms with Gasteiger partial charge in [-0.05, 0) is 12.0 Å². The van der Waals surface area contributed by atoms with E-state index in [4.69, 9.17) is 4.52 Å². The van der Waals surface area contributed by atoms with Crippen molar-refractivity contribution < 1.29 is 14.0 Å². The Morgan fingerprint density at radius 3 is 1.80 bits per heavy atom. The van der Waals surface area contributed by atoms with Crippen LogP contribution in [0.15, 0.2) is 30.3 Å². The Balaban J connectivity index is 1.92. The van der Waals surface area contributed by atoms with Crippen molar-refractivity contribution >= 4 is 7.60 Å². The Labute approximate surface area is 154 Å². The minimum absolute atomic E-state index is 0.215. The molecule has 0 saturated carbocycles. The summed E-state index contributed by atoms with van der Waals surface area (Å²) in [5.41, 5.74) is 0.937. The van der Waals surface area contributed by atoms with E-state index in [2.05, 4.69) is 6.92 Å². The second kappa shape index (κ2) is 14.5. The zero-order valence-electron chi connectivity index (χ0n) is 16.0. The fraction of sp³-hybridized carbons (Fsp3) is 0.714. The number of unbranched alkanes of at least 4 members (excludes halogenated alkanes) is 11. The molecule has 1 unspecified atom stereocenters. The average Bonchev–Trinajstić information content (AvgIpc) is 2.62. The molecule has 144 valence electrons. The monoisotopic (exact) mass is 368 g/mol. The standard InChI is InChI=1S/C21H37O3P/c1-2-3-4-5-6-7-8-9-10-11-12-16-19-25(22,23)24-20-21-17-14-13-15-18-21/h13-15,17-18H,2-12,16,19-20H2,1H3,(H,22,23). The van der Waals surface area contributed by atoms with Gasteiger partial charge in [-0.25, -0.2) is 0 Å². The Morgan fingerprint density at radius 1 is 0.800 bits per heavy atom. The van der Waals surface area contributed by atoms with Crippen LogP contribution in [-0.2, 0) is 15.7 Å². The molecule has 0 aliphatic heterocycles. The highest BCUT2D eigenvalue weighted by Crippen LogP contribution is 2.43. The first-order valence-corrected chi connectivity index (χ1v) is 11.9. The van der Waals surface area contributed by atoms with E-state index < -0.39 is 7.60 Å². The predicted octanol–water partition coefficient (Wildman–Crippen LogP) is 7.09. The van der Waals surface area contributed by atoms with E-state index in [0.29, 0.717) is 0 Å². The number of hydrogen-bond acceptors (Lipinski definition) is 2. The molecule has 1 aromatic rings. The van der Waals surface area contributed by atoms with E-state index in [-0.39, 0.29) is 12.8 Å². The van der Waals surface area contributed by atoms with Crippen molar-refractivity contribution in [2.45, 2.75) is 90.6 Å². The van der Waals surface area contributed by atoms with Gasteiger partial charge in [-0.15, -0.1) is 0 Å². The molecule has 1 aromatic carbocycles. The van der Waals surface area contributed by atoms with Crippen LogP contribution in [0.25, 0.3) is 0 Å². The maximum atomic E-state index is 12.0. The summed E-state index contributed by atoms with van der Waals surface area (Å²) in [7, 11) is -3.44. The third kappa shape index (κ3) is 13.3. The first-order chi connectivity index (χ1) is 12.1. The van der Waals surface area contributed by atoms with Crippen LogP contribution in [-0.4, -0.2) is 11.1 Å². The first kappa shape index (κ1) is 22.4. The number of rotatable bonds is 16. The molecule has 1 rings (SSSR count). The largest absolute Gasteiger partial charge is 0.328 e. The van der Waals surface area contributed by atoms with Gasteiger partial charge in [-0.1, -0.05) is 108 Å². The fourth-order valence-electron chi connectivity index (χ4n) is 2.97. The SMILES string of the molecule is CCCCCCCCCCCCCCP(=O)(O)OCc1ccccc1. The zero-order valence-corrected chi connectivity index (χ0v) is 16.9. The minimum Gasteiger partial charge on any atom is -0.324 e. The second-order valence-electron chi connectivity index (χ2n) is 7.01. The van der Waals surface area contributed by atoms with Gasteiger partial charge in [0.1, 0.15) is 0 Å². The molecule has 0 radical (unpaired) electrons. The number of benzene rings is 1. The molecule has 0 aromatic heterocycles. The van der Waals surface area contributed by atoms with E-state index in [9.17, 15) is 9.46 Å². The van der Waals surface area contributed by atoms with E-state index in [1.807, 2.05) is 30.3 Å². The molecule has 25 heavy (non-hydrogen) atoms. The van der Waals surface area contributed by atoms with Gasteiger partial charge in [0, 0.05) is 6.16 Å². The summed E-state index contributed by atoms with van der Waals surface area (Å²) in [5, 5.41) is 0. The molecule has 0 spiro atoms. The van der Waals surface area contributed by atoms with Crippen LogP contribution in [0.4, 0.5) is 0 Å². The molecule has 0 heterocycles. The van der Waals surface area contributed by atoms with E-state index in [1.54, 1.807) is 0 Å². The lowest BCUT2D eigenvalue weighted by atomic mass is 10.1. The van der Waals surface area contributed by atoms with Gasteiger partial charge in [-0.2, -0.15) is 0 Å². The van der Waals surface area contributed by atoms with Crippen LogP contribution in [0.1, 0.15) is 89.5 Å². The molecule has 0 aliphatic carbocycles. The lowest BCUT2D eigenvalue weighted by molar-refractivity contribution is 0.249. The summed E-state index contributed by atoms with van der Waals surface area (Å²) in [6.07, 6.45) is 15.3. The summed E-state index contributed by atoms with van der Waals surface area (Å²) in [4.78, 5) is 9.87. The summed E-state index contributed by atoms with van der Waals surface area (Å²) in [5.74, 6) is 0. The van der Waals surface area contributed by atoms with Crippen molar-refractivity contribution in [1.82, 2.24) is 0 Å². The minimum atomic E-state index is -3.44. The van der Waals surface area contributed by atoms with Crippen molar-refractivity contribution in [2.24, 2.45) is 0 Å². The Bertz CT molecular complexity index is 461. The molecular formula is C21H37O3P. The third-order valence-electron chi connectivity index (χ3n) is 4.57. The van der Waals surface area contributed by atoms with Gasteiger partial charge in [0.2, 0.25) is 0 Å². The molecule has 1 atom stereocenters. The molecular weight excluding hydrogens is 331 g/mol. The van der Waals surface area contributed by atoms with Crippen LogP contribution in [0.5, 0.6) is 0 Å². The highest BCUT2D eigenvalue weighted by molar-refractivity contribution is 7.52. The van der Waals surface area contributed by atoms with E-state index >= 15 is 0 Å². The van der Waals surface area contributed by atoms with Crippen LogP contribution in [0, 0.1) is 0 Å². The van der Waals surface area contributed by atoms with E-state index in [1.165, 1.54) is 57.8 Å². The predicted molar refractivity (Wildman–Crippen MR) is 107 cm³/mol. The highest BCUT2D eigenvalue weighted by Gasteiger charge is 2.18. The molecule has 3 nitrogen and oxygen atoms in total. The van der Waals surface area contributed by atoms with Crippen LogP contribution >= 0.6 is 7.60 Å². The van der Waals surface area contributed by atoms with Crippen molar-refractivity contribution in [3.05, 3.63) is 35.9 Å². The van der Waals surface area contributed by atoms with Crippen molar-refractivity contribution in [2.75, 3.05) is 6.16 Å². The maximum Gasteiger partial charge on any atom is 0.328 e. The van der Waals surface area contributed by atoms with Crippen LogP contribution in [0.2, 0.25) is 0 Å². The van der Waals surface area contributed by atoms with Crippen LogP contribution < -0.4 is 0 Å². The van der Waals surface area contributed by atoms with Gasteiger partial charge in [-0.3, -0.25) is 4.57 Å². The normalized spacial score (nSPS) is 13.7. The highest BCUT2D eigenvalue weighted by atomic mass is 31.2. The molecule has 0 bridgehead atoms. The average molecular weight is 368 g/mol. The molecule has 0 aliphatic rings. The fourth-order valence-corrected chi connectivity index (χ4v) is 4.07. The van der Waals surface area contributed by atoms with Crippen LogP contribution in [0.3, 0.4) is 0 Å². The maximum absolute atomic E-state index is 12.0. The molecule has 0 saturated heterocycles. The van der Waals surface area contributed by atoms with Gasteiger partial charge in [0.15, 0.2) is 0 Å². The van der Waals surface area contributed by atoms with Crippen molar-refractivity contribution in [1.29, 1.82) is 0 Å². The smallest absolute Gasteiger partial charge is 0.324 e. The van der Waals surface area contributed by atoms with Crippen molar-refractivity contribution in [3.8, 4) is 0 Å². The van der Waals surface area contributed by atoms with E-state index in [0.717, 1.165) is 24.8 Å². The van der Waals surface area contributed by atoms with Crippen molar-refractivity contribution in [3.63, 3.8) is 0 Å². The molecule has 0 fully saturated rings. The molecule has 4 heteroatoms. The third-order valence-corrected chi connectivity index (χ3v) is 5.98. The summed E-state index contributed by atoms with van der Waals surface area (Å²) in [6.45, 7) is 2.47.